The van der Waals surface area contributed by atoms with Gasteiger partial charge < -0.3 is 14.2 Å². The van der Waals surface area contributed by atoms with E-state index in [0.717, 1.165) is 18.7 Å². The Morgan fingerprint density at radius 3 is 2.48 bits per heavy atom. The number of ether oxygens (including phenoxy) is 3. The predicted octanol–water partition coefficient (Wildman–Crippen LogP) is 3.25. The highest BCUT2D eigenvalue weighted by Gasteiger charge is 2.27. The molecule has 142 valence electrons. The van der Waals surface area contributed by atoms with Gasteiger partial charge in [-0.15, -0.1) is 0 Å². The standard InChI is InChI=1S/C19H19FN2O5/c1-25-12-17(23)18(19(24)26-2)22-21-16-9-8-14(10-15(16)20)27-11-13-6-4-3-5-7-13/h3-10,18H,11-12H2,1-2H3. The minimum atomic E-state index is -1.51. The van der Waals surface area contributed by atoms with Gasteiger partial charge in [0.1, 0.15) is 24.7 Å². The third-order valence-corrected chi connectivity index (χ3v) is 3.46. The Bertz CT molecular complexity index is 811. The van der Waals surface area contributed by atoms with E-state index in [9.17, 15) is 14.0 Å². The van der Waals surface area contributed by atoms with Crippen molar-refractivity contribution >= 4 is 17.4 Å². The molecule has 0 heterocycles. The Morgan fingerprint density at radius 1 is 1.11 bits per heavy atom. The van der Waals surface area contributed by atoms with Crippen LogP contribution in [0.3, 0.4) is 0 Å². The lowest BCUT2D eigenvalue weighted by Crippen LogP contribution is -2.31. The second-order valence-corrected chi connectivity index (χ2v) is 5.43. The Balaban J connectivity index is 2.08. The Kier molecular flexibility index (Phi) is 7.57. The molecule has 0 bridgehead atoms. The van der Waals surface area contributed by atoms with Crippen LogP contribution in [-0.4, -0.2) is 38.6 Å². The number of methoxy groups -OCH3 is 2. The number of nitrogens with zero attached hydrogens (tertiary/aromatic N) is 2. The summed E-state index contributed by atoms with van der Waals surface area (Å²) in [6.45, 7) is -0.0510. The molecule has 2 rings (SSSR count). The van der Waals surface area contributed by atoms with Crippen LogP contribution >= 0.6 is 0 Å². The van der Waals surface area contributed by atoms with Crippen LogP contribution < -0.4 is 4.74 Å². The molecule has 7 nitrogen and oxygen atoms in total. The van der Waals surface area contributed by atoms with Crippen molar-refractivity contribution in [1.29, 1.82) is 0 Å². The van der Waals surface area contributed by atoms with E-state index < -0.39 is 23.6 Å². The van der Waals surface area contributed by atoms with Crippen LogP contribution in [0, 0.1) is 5.82 Å². The smallest absolute Gasteiger partial charge is 0.340 e. The van der Waals surface area contributed by atoms with Crippen molar-refractivity contribution in [1.82, 2.24) is 0 Å². The average molecular weight is 374 g/mol. The topological polar surface area (TPSA) is 86.5 Å². The summed E-state index contributed by atoms with van der Waals surface area (Å²) in [7, 11) is 2.42. The Hall–Kier alpha value is -3.13. The van der Waals surface area contributed by atoms with Crippen molar-refractivity contribution < 1.29 is 28.2 Å². The van der Waals surface area contributed by atoms with Crippen molar-refractivity contribution in [3.63, 3.8) is 0 Å². The van der Waals surface area contributed by atoms with Crippen LogP contribution in [0.1, 0.15) is 5.56 Å². The highest BCUT2D eigenvalue weighted by atomic mass is 19.1. The van der Waals surface area contributed by atoms with E-state index >= 15 is 0 Å². The lowest BCUT2D eigenvalue weighted by molar-refractivity contribution is -0.146. The SMILES string of the molecule is COCC(=O)C(N=Nc1ccc(OCc2ccccc2)cc1F)C(=O)OC. The highest BCUT2D eigenvalue weighted by Crippen LogP contribution is 2.24. The van der Waals surface area contributed by atoms with E-state index in [1.54, 1.807) is 0 Å². The summed E-state index contributed by atoms with van der Waals surface area (Å²) < 4.78 is 28.9. The molecule has 0 spiro atoms. The van der Waals surface area contributed by atoms with E-state index in [4.69, 9.17) is 4.74 Å². The summed E-state index contributed by atoms with van der Waals surface area (Å²) >= 11 is 0. The van der Waals surface area contributed by atoms with Crippen LogP contribution in [0.4, 0.5) is 10.1 Å². The molecule has 0 saturated heterocycles. The van der Waals surface area contributed by atoms with Crippen molar-refractivity contribution in [3.8, 4) is 5.75 Å². The van der Waals surface area contributed by atoms with Gasteiger partial charge in [-0.3, -0.25) is 4.79 Å². The third-order valence-electron chi connectivity index (χ3n) is 3.46. The molecule has 1 atom stereocenters. The summed E-state index contributed by atoms with van der Waals surface area (Å²) in [5.74, 6) is -1.93. The van der Waals surface area contributed by atoms with Crippen LogP contribution in [0.25, 0.3) is 0 Å². The second-order valence-electron chi connectivity index (χ2n) is 5.43. The number of ketones is 1. The molecule has 1 unspecified atom stereocenters. The first-order valence-electron chi connectivity index (χ1n) is 8.01. The lowest BCUT2D eigenvalue weighted by atomic mass is 10.2. The van der Waals surface area contributed by atoms with E-state index in [1.807, 2.05) is 30.3 Å². The summed E-state index contributed by atoms with van der Waals surface area (Å²) in [5.41, 5.74) is 0.806. The second kappa shape index (κ2) is 10.1. The van der Waals surface area contributed by atoms with Crippen LogP contribution in [0.2, 0.25) is 0 Å². The first kappa shape index (κ1) is 20.2. The monoisotopic (exact) mass is 374 g/mol. The predicted molar refractivity (Wildman–Crippen MR) is 94.4 cm³/mol. The molecule has 0 fully saturated rings. The van der Waals surface area contributed by atoms with Gasteiger partial charge in [-0.1, -0.05) is 30.3 Å². The summed E-state index contributed by atoms with van der Waals surface area (Å²) in [6.07, 6.45) is 0. The average Bonchev–Trinajstić information content (AvgIpc) is 2.68. The van der Waals surface area contributed by atoms with E-state index in [0.29, 0.717) is 5.75 Å². The molecule has 0 aromatic heterocycles. The zero-order valence-corrected chi connectivity index (χ0v) is 14.9. The molecular formula is C19H19FN2O5. The Morgan fingerprint density at radius 2 is 1.85 bits per heavy atom. The van der Waals surface area contributed by atoms with Crippen LogP contribution in [-0.2, 0) is 25.7 Å². The van der Waals surface area contributed by atoms with Crippen molar-refractivity contribution in [2.45, 2.75) is 12.6 Å². The molecule has 0 aliphatic heterocycles. The van der Waals surface area contributed by atoms with Gasteiger partial charge in [0.25, 0.3) is 0 Å². The number of halogens is 1. The number of Topliss-reactive ketones (excluding diaryl/α,β-unsaturated/α-hetero) is 1. The van der Waals surface area contributed by atoms with Gasteiger partial charge in [0, 0.05) is 13.2 Å². The first-order valence-corrected chi connectivity index (χ1v) is 8.01. The number of benzene rings is 2. The first-order chi connectivity index (χ1) is 13.0. The Labute approximate surface area is 155 Å². The molecule has 0 N–H and O–H groups in total. The molecule has 2 aromatic rings. The zero-order chi connectivity index (χ0) is 19.6. The van der Waals surface area contributed by atoms with Gasteiger partial charge >= 0.3 is 5.97 Å². The molecule has 0 radical (unpaired) electrons. The van der Waals surface area contributed by atoms with Gasteiger partial charge in [-0.25, -0.2) is 9.18 Å². The molecule has 0 aliphatic carbocycles. The fourth-order valence-electron chi connectivity index (χ4n) is 2.10. The lowest BCUT2D eigenvalue weighted by Gasteiger charge is -2.08. The van der Waals surface area contributed by atoms with Gasteiger partial charge in [0.15, 0.2) is 11.6 Å². The molecular weight excluding hydrogens is 355 g/mol. The molecule has 2 aromatic carbocycles. The van der Waals surface area contributed by atoms with Crippen LogP contribution in [0.5, 0.6) is 5.75 Å². The van der Waals surface area contributed by atoms with Crippen molar-refractivity contribution in [3.05, 3.63) is 59.9 Å². The number of azo groups is 1. The van der Waals surface area contributed by atoms with E-state index in [-0.39, 0.29) is 18.9 Å². The maximum absolute atomic E-state index is 14.2. The van der Waals surface area contributed by atoms with Gasteiger partial charge in [-0.2, -0.15) is 10.2 Å². The number of hydrogen-bond acceptors (Lipinski definition) is 7. The minimum absolute atomic E-state index is 0.138. The molecule has 0 amide bonds. The van der Waals surface area contributed by atoms with Crippen molar-refractivity contribution in [2.75, 3.05) is 20.8 Å². The summed E-state index contributed by atoms with van der Waals surface area (Å²) in [4.78, 5) is 23.5. The largest absolute Gasteiger partial charge is 0.489 e. The van der Waals surface area contributed by atoms with Gasteiger partial charge in [0.05, 0.1) is 7.11 Å². The fraction of sp³-hybridized carbons (Fsp3) is 0.263. The maximum Gasteiger partial charge on any atom is 0.340 e. The van der Waals surface area contributed by atoms with Gasteiger partial charge in [0.2, 0.25) is 6.04 Å². The number of hydrogen-bond donors (Lipinski definition) is 0. The van der Waals surface area contributed by atoms with Gasteiger partial charge in [-0.05, 0) is 17.7 Å². The van der Waals surface area contributed by atoms with E-state index in [2.05, 4.69) is 19.7 Å². The number of esters is 1. The minimum Gasteiger partial charge on any atom is -0.489 e. The maximum atomic E-state index is 14.2. The zero-order valence-electron chi connectivity index (χ0n) is 14.9. The number of carbonyl (C=O) groups excluding carboxylic acids is 2. The third kappa shape index (κ3) is 5.96. The summed E-state index contributed by atoms with van der Waals surface area (Å²) in [5, 5.41) is 7.26. The van der Waals surface area contributed by atoms with Crippen LogP contribution in [0.15, 0.2) is 58.8 Å². The fourth-order valence-corrected chi connectivity index (χ4v) is 2.10. The summed E-state index contributed by atoms with van der Waals surface area (Å²) in [6, 6.07) is 11.9. The highest BCUT2D eigenvalue weighted by molar-refractivity contribution is 6.03. The van der Waals surface area contributed by atoms with E-state index in [1.165, 1.54) is 19.2 Å². The number of carbonyl (C=O) groups is 2. The molecule has 27 heavy (non-hydrogen) atoms. The molecule has 0 saturated carbocycles. The normalized spacial score (nSPS) is 12.0. The molecule has 0 aliphatic rings. The quantitative estimate of drug-likeness (QED) is 0.382. The van der Waals surface area contributed by atoms with Crippen molar-refractivity contribution in [2.24, 2.45) is 10.2 Å². The molecule has 8 heteroatoms. The number of rotatable bonds is 9.